The van der Waals surface area contributed by atoms with E-state index in [9.17, 15) is 0 Å². The molecule has 0 aliphatic carbocycles. The fraction of sp³-hybridized carbons (Fsp3) is 0. The number of rotatable bonds is 5. The standard InChI is InChI=1S/C43H28N2S/c1-2-11-33(12-3-1)45(34-22-18-29(19-23-34)32-27-42-43(44-28-32)39-16-8-9-17-41(39)46-42)35-24-20-30(21-25-35)40-26-31-10-4-5-13-36(31)37-14-6-7-15-38(37)40/h1-28H. The highest BCUT2D eigenvalue weighted by atomic mass is 32.1. The smallest absolute Gasteiger partial charge is 0.0888 e. The Hall–Kier alpha value is -5.77. The number of fused-ring (bicyclic) bond motifs is 6. The van der Waals surface area contributed by atoms with Crippen LogP contribution in [0.25, 0.3) is 64.1 Å². The van der Waals surface area contributed by atoms with Gasteiger partial charge in [-0.15, -0.1) is 11.3 Å². The van der Waals surface area contributed by atoms with Gasteiger partial charge in [0.05, 0.1) is 10.2 Å². The summed E-state index contributed by atoms with van der Waals surface area (Å²) in [4.78, 5) is 7.19. The van der Waals surface area contributed by atoms with Gasteiger partial charge in [0.1, 0.15) is 0 Å². The Kier molecular flexibility index (Phi) is 6.36. The molecule has 7 aromatic carbocycles. The molecular formula is C43H28N2S. The molecule has 2 heterocycles. The van der Waals surface area contributed by atoms with Crippen molar-refractivity contribution in [3.63, 3.8) is 0 Å². The van der Waals surface area contributed by atoms with Crippen molar-refractivity contribution in [3.05, 3.63) is 170 Å². The molecule has 0 radical (unpaired) electrons. The van der Waals surface area contributed by atoms with Crippen LogP contribution < -0.4 is 4.90 Å². The molecule has 216 valence electrons. The zero-order chi connectivity index (χ0) is 30.5. The van der Waals surface area contributed by atoms with Crippen LogP contribution in [0.3, 0.4) is 0 Å². The first-order chi connectivity index (χ1) is 22.8. The second-order valence-corrected chi connectivity index (χ2v) is 12.7. The minimum Gasteiger partial charge on any atom is -0.311 e. The van der Waals surface area contributed by atoms with E-state index >= 15 is 0 Å². The highest BCUT2D eigenvalue weighted by Crippen LogP contribution is 2.40. The maximum absolute atomic E-state index is 4.87. The van der Waals surface area contributed by atoms with Crippen LogP contribution in [0.1, 0.15) is 0 Å². The molecule has 2 nitrogen and oxygen atoms in total. The van der Waals surface area contributed by atoms with Gasteiger partial charge in [-0.3, -0.25) is 4.98 Å². The average molecular weight is 605 g/mol. The van der Waals surface area contributed by atoms with Gasteiger partial charge in [0.15, 0.2) is 0 Å². The van der Waals surface area contributed by atoms with E-state index in [0.717, 1.165) is 33.7 Å². The molecule has 0 saturated heterocycles. The van der Waals surface area contributed by atoms with Crippen LogP contribution in [-0.2, 0) is 0 Å². The third-order valence-corrected chi connectivity index (χ3v) is 10.00. The number of benzene rings is 7. The van der Waals surface area contributed by atoms with Gasteiger partial charge < -0.3 is 4.90 Å². The molecule has 9 aromatic rings. The van der Waals surface area contributed by atoms with Gasteiger partial charge in [-0.25, -0.2) is 0 Å². The van der Waals surface area contributed by atoms with Crippen LogP contribution in [-0.4, -0.2) is 4.98 Å². The fourth-order valence-electron chi connectivity index (χ4n) is 6.66. The quantitative estimate of drug-likeness (QED) is 0.182. The first-order valence-corrected chi connectivity index (χ1v) is 16.4. The van der Waals surface area contributed by atoms with Gasteiger partial charge >= 0.3 is 0 Å². The molecule has 0 aliphatic heterocycles. The molecule has 0 N–H and O–H groups in total. The summed E-state index contributed by atoms with van der Waals surface area (Å²) < 4.78 is 2.49. The molecule has 3 heteroatoms. The number of aromatic nitrogens is 1. The van der Waals surface area contributed by atoms with Crippen molar-refractivity contribution in [2.45, 2.75) is 0 Å². The predicted molar refractivity (Wildman–Crippen MR) is 198 cm³/mol. The minimum atomic E-state index is 1.08. The van der Waals surface area contributed by atoms with Crippen molar-refractivity contribution in [1.82, 2.24) is 4.98 Å². The molecule has 9 rings (SSSR count). The lowest BCUT2D eigenvalue weighted by Gasteiger charge is -2.26. The first kappa shape index (κ1) is 26.6. The van der Waals surface area contributed by atoms with Gasteiger partial charge in [-0.1, -0.05) is 109 Å². The zero-order valence-electron chi connectivity index (χ0n) is 25.0. The Morgan fingerprint density at radius 1 is 0.413 bits per heavy atom. The van der Waals surface area contributed by atoms with Crippen LogP contribution in [0, 0.1) is 0 Å². The van der Waals surface area contributed by atoms with E-state index in [-0.39, 0.29) is 0 Å². The Balaban J connectivity index is 1.09. The summed E-state index contributed by atoms with van der Waals surface area (Å²) in [6.45, 7) is 0. The average Bonchev–Trinajstić information content (AvgIpc) is 3.50. The maximum atomic E-state index is 4.87. The van der Waals surface area contributed by atoms with Gasteiger partial charge in [-0.05, 0) is 92.8 Å². The summed E-state index contributed by atoms with van der Waals surface area (Å²) in [6.07, 6.45) is 2.00. The number of pyridine rings is 1. The molecule has 0 spiro atoms. The number of para-hydroxylation sites is 1. The molecule has 0 saturated carbocycles. The van der Waals surface area contributed by atoms with E-state index in [1.165, 1.54) is 47.5 Å². The Morgan fingerprint density at radius 2 is 1.00 bits per heavy atom. The van der Waals surface area contributed by atoms with Crippen molar-refractivity contribution in [2.75, 3.05) is 4.90 Å². The highest BCUT2D eigenvalue weighted by molar-refractivity contribution is 7.25. The summed E-state index contributed by atoms with van der Waals surface area (Å²) >= 11 is 1.80. The topological polar surface area (TPSA) is 16.1 Å². The second-order valence-electron chi connectivity index (χ2n) is 11.6. The Morgan fingerprint density at radius 3 is 1.76 bits per heavy atom. The molecule has 2 aromatic heterocycles. The Labute approximate surface area is 271 Å². The second kappa shape index (κ2) is 11.0. The van der Waals surface area contributed by atoms with Crippen molar-refractivity contribution in [1.29, 1.82) is 0 Å². The molecule has 0 aliphatic rings. The third-order valence-electron chi connectivity index (χ3n) is 8.89. The summed E-state index contributed by atoms with van der Waals surface area (Å²) in [5.41, 5.74) is 9.16. The van der Waals surface area contributed by atoms with Crippen molar-refractivity contribution in [3.8, 4) is 22.3 Å². The zero-order valence-corrected chi connectivity index (χ0v) is 25.8. The van der Waals surface area contributed by atoms with E-state index < -0.39 is 0 Å². The largest absolute Gasteiger partial charge is 0.311 e. The van der Waals surface area contributed by atoms with Crippen LogP contribution in [0.2, 0.25) is 0 Å². The summed E-state index contributed by atoms with van der Waals surface area (Å²) in [5, 5.41) is 6.33. The Bertz CT molecular complexity index is 2510. The van der Waals surface area contributed by atoms with Crippen LogP contribution in [0.15, 0.2) is 170 Å². The van der Waals surface area contributed by atoms with Gasteiger partial charge in [0.25, 0.3) is 0 Å². The summed E-state index contributed by atoms with van der Waals surface area (Å²) in [6, 6.07) is 58.9. The van der Waals surface area contributed by atoms with E-state index in [1.807, 2.05) is 6.20 Å². The molecule has 0 atom stereocenters. The van der Waals surface area contributed by atoms with E-state index in [2.05, 4.69) is 169 Å². The lowest BCUT2D eigenvalue weighted by Crippen LogP contribution is -2.09. The highest BCUT2D eigenvalue weighted by Gasteiger charge is 2.15. The summed E-state index contributed by atoms with van der Waals surface area (Å²) in [5.74, 6) is 0. The number of nitrogens with zero attached hydrogens (tertiary/aromatic N) is 2. The predicted octanol–water partition coefficient (Wildman–Crippen LogP) is 12.6. The number of hydrogen-bond acceptors (Lipinski definition) is 3. The van der Waals surface area contributed by atoms with Crippen LogP contribution >= 0.6 is 11.3 Å². The number of hydrogen-bond donors (Lipinski definition) is 0. The van der Waals surface area contributed by atoms with Gasteiger partial charge in [0.2, 0.25) is 0 Å². The van der Waals surface area contributed by atoms with E-state index in [0.29, 0.717) is 0 Å². The van der Waals surface area contributed by atoms with Gasteiger partial charge in [0, 0.05) is 38.9 Å². The van der Waals surface area contributed by atoms with Crippen molar-refractivity contribution >= 4 is 70.2 Å². The molecule has 0 amide bonds. The fourth-order valence-corrected chi connectivity index (χ4v) is 7.77. The third kappa shape index (κ3) is 4.52. The van der Waals surface area contributed by atoms with Crippen LogP contribution in [0.5, 0.6) is 0 Å². The SMILES string of the molecule is c1ccc(N(c2ccc(-c3cnc4c(c3)sc3ccccc34)cc2)c2ccc(-c3cc4ccccc4c4ccccc34)cc2)cc1. The lowest BCUT2D eigenvalue weighted by molar-refractivity contribution is 1.28. The molecule has 46 heavy (non-hydrogen) atoms. The normalized spacial score (nSPS) is 11.5. The van der Waals surface area contributed by atoms with Crippen LogP contribution in [0.4, 0.5) is 17.1 Å². The monoisotopic (exact) mass is 604 g/mol. The number of anilines is 3. The maximum Gasteiger partial charge on any atom is 0.0888 e. The van der Waals surface area contributed by atoms with Crippen molar-refractivity contribution < 1.29 is 0 Å². The van der Waals surface area contributed by atoms with Crippen molar-refractivity contribution in [2.24, 2.45) is 0 Å². The molecular weight excluding hydrogens is 577 g/mol. The number of thiophene rings is 1. The first-order valence-electron chi connectivity index (χ1n) is 15.5. The minimum absolute atomic E-state index is 1.08. The van der Waals surface area contributed by atoms with Gasteiger partial charge in [-0.2, -0.15) is 0 Å². The molecule has 0 bridgehead atoms. The van der Waals surface area contributed by atoms with E-state index in [4.69, 9.17) is 4.98 Å². The molecule has 0 fully saturated rings. The summed E-state index contributed by atoms with van der Waals surface area (Å²) in [7, 11) is 0. The van der Waals surface area contributed by atoms with E-state index in [1.54, 1.807) is 11.3 Å². The molecule has 0 unspecified atom stereocenters. The lowest BCUT2D eigenvalue weighted by atomic mass is 9.93.